The van der Waals surface area contributed by atoms with Crippen LogP contribution in [-0.4, -0.2) is 52.7 Å². The van der Waals surface area contributed by atoms with Gasteiger partial charge in [-0.2, -0.15) is 0 Å². The molecule has 2 atom stereocenters. The van der Waals surface area contributed by atoms with E-state index in [1.54, 1.807) is 26.0 Å². The van der Waals surface area contributed by atoms with Crippen LogP contribution in [0.5, 0.6) is 0 Å². The third-order valence-electron chi connectivity index (χ3n) is 7.32. The summed E-state index contributed by atoms with van der Waals surface area (Å²) in [6, 6.07) is 12.3. The van der Waals surface area contributed by atoms with Crippen LogP contribution in [0.1, 0.15) is 53.3 Å². The normalized spacial score (nSPS) is 18.6. The molecule has 1 aromatic heterocycles. The number of carbonyl (C=O) groups is 5. The number of amides is 3. The predicted molar refractivity (Wildman–Crippen MR) is 161 cm³/mol. The van der Waals surface area contributed by atoms with Gasteiger partial charge in [-0.25, -0.2) is 14.5 Å². The molecule has 3 aromatic rings. The summed E-state index contributed by atoms with van der Waals surface area (Å²) in [6.45, 7) is 7.23. The van der Waals surface area contributed by atoms with Crippen LogP contribution in [0, 0.1) is 5.92 Å². The van der Waals surface area contributed by atoms with E-state index in [9.17, 15) is 28.8 Å². The van der Waals surface area contributed by atoms with Crippen LogP contribution in [0.3, 0.4) is 0 Å². The van der Waals surface area contributed by atoms with Crippen LogP contribution < -0.4 is 15.1 Å². The van der Waals surface area contributed by atoms with Crippen LogP contribution in [0.15, 0.2) is 58.4 Å². The second-order valence-electron chi connectivity index (χ2n) is 10.5. The third kappa shape index (κ3) is 5.50. The van der Waals surface area contributed by atoms with Crippen molar-refractivity contribution in [3.05, 3.63) is 74.2 Å². The number of ether oxygens (including phenoxy) is 2. The molecule has 0 bridgehead atoms. The largest absolute Gasteiger partial charge is 0.462 e. The van der Waals surface area contributed by atoms with E-state index in [0.717, 1.165) is 28.0 Å². The van der Waals surface area contributed by atoms with Crippen molar-refractivity contribution < 1.29 is 33.4 Å². The molecule has 3 amide bonds. The first-order valence-corrected chi connectivity index (χ1v) is 15.3. The van der Waals surface area contributed by atoms with Crippen molar-refractivity contribution in [2.24, 2.45) is 5.92 Å². The number of esters is 2. The van der Waals surface area contributed by atoms with Gasteiger partial charge in [0.15, 0.2) is 0 Å². The molecule has 1 fully saturated rings. The molecule has 13 heteroatoms. The quantitative estimate of drug-likeness (QED) is 0.293. The zero-order valence-corrected chi connectivity index (χ0v) is 25.5. The molecule has 0 radical (unpaired) electrons. The first-order chi connectivity index (χ1) is 20.5. The van der Waals surface area contributed by atoms with Gasteiger partial charge in [-0.3, -0.25) is 23.7 Å². The molecule has 2 aliphatic heterocycles. The highest BCUT2D eigenvalue weighted by Gasteiger charge is 2.59. The summed E-state index contributed by atoms with van der Waals surface area (Å²) in [5, 5.41) is 2.40. The number of aromatic nitrogens is 1. The van der Waals surface area contributed by atoms with Crippen LogP contribution in [-0.2, 0) is 35.8 Å². The molecule has 0 spiro atoms. The molecule has 224 valence electrons. The summed E-state index contributed by atoms with van der Waals surface area (Å²) in [7, 11) is 0. The van der Waals surface area contributed by atoms with Crippen molar-refractivity contribution in [2.45, 2.75) is 49.9 Å². The predicted octanol–water partition coefficient (Wildman–Crippen LogP) is 3.84. The van der Waals surface area contributed by atoms with Crippen molar-refractivity contribution in [1.82, 2.24) is 4.57 Å². The fraction of sp³-hybridized carbons (Fsp3) is 0.333. The van der Waals surface area contributed by atoms with Gasteiger partial charge in [0.05, 0.1) is 41.0 Å². The summed E-state index contributed by atoms with van der Waals surface area (Å²) in [5.74, 6) is -3.00. The highest BCUT2D eigenvalue weighted by Crippen LogP contribution is 2.54. The lowest BCUT2D eigenvalue weighted by atomic mass is 9.76. The average Bonchev–Trinajstić information content (AvgIpc) is 3.42. The number of fused-ring (bicyclic) bond motifs is 2. The molecule has 43 heavy (non-hydrogen) atoms. The Morgan fingerprint density at radius 3 is 1.98 bits per heavy atom. The zero-order chi connectivity index (χ0) is 31.1. The van der Waals surface area contributed by atoms with Gasteiger partial charge in [0.2, 0.25) is 17.7 Å². The van der Waals surface area contributed by atoms with Crippen LogP contribution >= 0.6 is 23.1 Å². The van der Waals surface area contributed by atoms with E-state index in [1.807, 2.05) is 13.8 Å². The number of carbonyl (C=O) groups excluding carboxylic acids is 5. The monoisotopic (exact) mass is 623 g/mol. The molecular weight excluding hydrogens is 594 g/mol. The number of anilines is 2. The first kappa shape index (κ1) is 30.2. The maximum Gasteiger partial charge on any atom is 0.338 e. The Kier molecular flexibility index (Phi) is 8.30. The van der Waals surface area contributed by atoms with Gasteiger partial charge in [-0.1, -0.05) is 36.9 Å². The van der Waals surface area contributed by atoms with E-state index in [-0.39, 0.29) is 24.6 Å². The Bertz CT molecular complexity index is 1670. The highest BCUT2D eigenvalue weighted by atomic mass is 32.2. The van der Waals surface area contributed by atoms with Gasteiger partial charge in [0, 0.05) is 16.0 Å². The van der Waals surface area contributed by atoms with E-state index >= 15 is 0 Å². The Morgan fingerprint density at radius 1 is 0.860 bits per heavy atom. The SMILES string of the molecule is CCOC(=O)c1ccc(NC(=O)Cn2c3c(sc2=O)C(C)(C)[C@H]2C(=O)N(c4ccc(C(=O)OCC)cc4)C(=O)[C@H]2S3)cc1. The van der Waals surface area contributed by atoms with Gasteiger partial charge in [0.25, 0.3) is 0 Å². The van der Waals surface area contributed by atoms with E-state index in [0.29, 0.717) is 32.4 Å². The number of thiazole rings is 1. The van der Waals surface area contributed by atoms with Crippen LogP contribution in [0.25, 0.3) is 0 Å². The third-order valence-corrected chi connectivity index (χ3v) is 10.1. The van der Waals surface area contributed by atoms with Gasteiger partial charge >= 0.3 is 16.8 Å². The molecule has 5 rings (SSSR count). The second-order valence-corrected chi connectivity index (χ2v) is 12.5. The number of rotatable bonds is 8. The van der Waals surface area contributed by atoms with Crippen molar-refractivity contribution in [2.75, 3.05) is 23.4 Å². The Hall–Kier alpha value is -4.23. The summed E-state index contributed by atoms with van der Waals surface area (Å²) >= 11 is 2.08. The maximum absolute atomic E-state index is 13.7. The second kappa shape index (κ2) is 11.8. The molecule has 2 aliphatic rings. The Balaban J connectivity index is 1.36. The summed E-state index contributed by atoms with van der Waals surface area (Å²) < 4.78 is 11.3. The molecule has 11 nitrogen and oxygen atoms in total. The van der Waals surface area contributed by atoms with E-state index in [4.69, 9.17) is 9.47 Å². The van der Waals surface area contributed by atoms with Gasteiger partial charge in [-0.05, 0) is 62.4 Å². The van der Waals surface area contributed by atoms with Crippen molar-refractivity contribution in [3.63, 3.8) is 0 Å². The van der Waals surface area contributed by atoms with Crippen LogP contribution in [0.4, 0.5) is 11.4 Å². The molecule has 2 aromatic carbocycles. The maximum atomic E-state index is 13.7. The fourth-order valence-corrected chi connectivity index (χ4v) is 8.27. The number of imide groups is 1. The smallest absolute Gasteiger partial charge is 0.338 e. The minimum atomic E-state index is -0.869. The molecule has 0 aliphatic carbocycles. The zero-order valence-electron chi connectivity index (χ0n) is 23.9. The highest BCUT2D eigenvalue weighted by molar-refractivity contribution is 8.00. The number of thioether (sulfide) groups is 1. The van der Waals surface area contributed by atoms with Crippen molar-refractivity contribution in [1.29, 1.82) is 0 Å². The number of nitrogens with one attached hydrogen (secondary N) is 1. The average molecular weight is 624 g/mol. The number of hydrogen-bond donors (Lipinski definition) is 1. The molecule has 0 saturated carbocycles. The van der Waals surface area contributed by atoms with Gasteiger partial charge < -0.3 is 14.8 Å². The first-order valence-electron chi connectivity index (χ1n) is 13.6. The Labute approximate surface area is 255 Å². The lowest BCUT2D eigenvalue weighted by Crippen LogP contribution is -2.41. The lowest BCUT2D eigenvalue weighted by Gasteiger charge is -2.36. The fourth-order valence-electron chi connectivity index (χ4n) is 5.23. The molecule has 1 saturated heterocycles. The van der Waals surface area contributed by atoms with Gasteiger partial charge in [0.1, 0.15) is 11.8 Å². The Morgan fingerprint density at radius 2 is 1.42 bits per heavy atom. The van der Waals surface area contributed by atoms with E-state index in [1.165, 1.54) is 41.0 Å². The molecule has 1 N–H and O–H groups in total. The number of nitrogens with zero attached hydrogens (tertiary/aromatic N) is 2. The minimum Gasteiger partial charge on any atom is -0.462 e. The summed E-state index contributed by atoms with van der Waals surface area (Å²) in [6.07, 6.45) is 0. The van der Waals surface area contributed by atoms with Crippen molar-refractivity contribution >= 4 is 64.1 Å². The number of benzene rings is 2. The van der Waals surface area contributed by atoms with Gasteiger partial charge in [-0.15, -0.1) is 0 Å². The van der Waals surface area contributed by atoms with E-state index < -0.39 is 46.2 Å². The van der Waals surface area contributed by atoms with Crippen LogP contribution in [0.2, 0.25) is 0 Å². The topological polar surface area (TPSA) is 141 Å². The standard InChI is InChI=1S/C30H29N3O8S2/c1-5-40-27(37)16-7-11-18(12-8-16)31-20(34)15-32-26-23(43-29(32)39)30(3,4)21-22(42-26)25(36)33(24(21)35)19-13-9-17(10-14-19)28(38)41-6-2/h7-14,21-22H,5-6,15H2,1-4H3,(H,31,34)/t21-,22+/m1/s1. The summed E-state index contributed by atoms with van der Waals surface area (Å²) in [5.41, 5.74) is 0.547. The lowest BCUT2D eigenvalue weighted by molar-refractivity contribution is -0.123. The molecular formula is C30H29N3O8S2. The molecule has 0 unspecified atom stereocenters. The van der Waals surface area contributed by atoms with E-state index in [2.05, 4.69) is 5.32 Å². The number of hydrogen-bond acceptors (Lipinski definition) is 10. The van der Waals surface area contributed by atoms with Crippen molar-refractivity contribution in [3.8, 4) is 0 Å². The summed E-state index contributed by atoms with van der Waals surface area (Å²) in [4.78, 5) is 78.7. The minimum absolute atomic E-state index is 0.223. The molecule has 3 heterocycles.